The van der Waals surface area contributed by atoms with E-state index in [0.717, 1.165) is 54.9 Å². The highest BCUT2D eigenvalue weighted by Crippen LogP contribution is 2.53. The summed E-state index contributed by atoms with van der Waals surface area (Å²) in [6, 6.07) is 7.51. The Morgan fingerprint density at radius 3 is 2.44 bits per heavy atom. The number of rotatable bonds is 11. The summed E-state index contributed by atoms with van der Waals surface area (Å²) >= 11 is 0. The molecule has 0 radical (unpaired) electrons. The van der Waals surface area contributed by atoms with E-state index >= 15 is 0 Å². The third-order valence-corrected chi connectivity index (χ3v) is 10.6. The van der Waals surface area contributed by atoms with Crippen molar-refractivity contribution in [2.75, 3.05) is 51.6 Å². The first-order chi connectivity index (χ1) is 25.1. The molecule has 2 aliphatic heterocycles. The van der Waals surface area contributed by atoms with Gasteiger partial charge in [-0.05, 0) is 69.0 Å². The molecule has 2 saturated heterocycles. The van der Waals surface area contributed by atoms with E-state index in [9.17, 15) is 27.2 Å². The molecule has 3 aliphatic rings. The molecule has 1 saturated carbocycles. The van der Waals surface area contributed by atoms with Gasteiger partial charge in [-0.25, -0.2) is 19.2 Å². The van der Waals surface area contributed by atoms with Gasteiger partial charge in [0.2, 0.25) is 5.82 Å². The fraction of sp³-hybridized carbons (Fsp3) is 0.474. The summed E-state index contributed by atoms with van der Waals surface area (Å²) in [5.41, 5.74) is 1.90. The van der Waals surface area contributed by atoms with Crippen LogP contribution in [0.25, 0.3) is 16.9 Å². The maximum absolute atomic E-state index is 14.9. The zero-order valence-corrected chi connectivity index (χ0v) is 32.9. The lowest BCUT2D eigenvalue weighted by molar-refractivity contribution is -0.907. The molecule has 2 atom stereocenters. The Morgan fingerprint density at radius 1 is 1.06 bits per heavy atom. The molecule has 290 valence electrons. The molecule has 2 aromatic heterocycles. The highest BCUT2D eigenvalue weighted by atomic mass is 127. The molecule has 2 N–H and O–H groups in total. The minimum Gasteiger partial charge on any atom is -1.00 e. The SMILES string of the molecule is CCc1cc(Nc2nccn3c(-c4ccc(OC(F)F)c(F)c4F)cnc23)ccc1C(=O)NCC1C2C[N+](C)(CC3CN(C(=O)OC(C)(C)C)C3)CC12.[I-]. The van der Waals surface area contributed by atoms with Crippen molar-refractivity contribution in [1.29, 1.82) is 0 Å². The van der Waals surface area contributed by atoms with Gasteiger partial charge in [0, 0.05) is 66.6 Å². The van der Waals surface area contributed by atoms with Crippen molar-refractivity contribution in [1.82, 2.24) is 24.6 Å². The maximum atomic E-state index is 14.9. The summed E-state index contributed by atoms with van der Waals surface area (Å²) in [6.07, 6.45) is 4.70. The Labute approximate surface area is 328 Å². The van der Waals surface area contributed by atoms with Crippen LogP contribution in [0.3, 0.4) is 0 Å². The molecule has 16 heteroatoms. The smallest absolute Gasteiger partial charge is 0.410 e. The lowest BCUT2D eigenvalue weighted by Crippen LogP contribution is -3.00. The van der Waals surface area contributed by atoms with E-state index in [1.807, 2.05) is 33.8 Å². The second-order valence-electron chi connectivity index (χ2n) is 15.7. The van der Waals surface area contributed by atoms with Crippen LogP contribution in [0, 0.1) is 35.3 Å². The predicted octanol–water partition coefficient (Wildman–Crippen LogP) is 3.51. The van der Waals surface area contributed by atoms with Crippen LogP contribution in [0.4, 0.5) is 33.9 Å². The van der Waals surface area contributed by atoms with Crippen LogP contribution in [0.1, 0.15) is 43.6 Å². The Balaban J connectivity index is 0.00000497. The van der Waals surface area contributed by atoms with Gasteiger partial charge in [-0.15, -0.1) is 0 Å². The van der Waals surface area contributed by atoms with Crippen LogP contribution >= 0.6 is 0 Å². The van der Waals surface area contributed by atoms with Gasteiger partial charge >= 0.3 is 12.7 Å². The average molecular weight is 866 g/mol. The fourth-order valence-corrected chi connectivity index (χ4v) is 8.15. The number of imidazole rings is 1. The van der Waals surface area contributed by atoms with Gasteiger partial charge in [0.05, 0.1) is 38.6 Å². The van der Waals surface area contributed by atoms with E-state index in [4.69, 9.17) is 4.74 Å². The quantitative estimate of drug-likeness (QED) is 0.135. The number of aryl methyl sites for hydroxylation is 1. The molecular formula is C38H44F4IN7O4. The molecule has 2 unspecified atom stereocenters. The summed E-state index contributed by atoms with van der Waals surface area (Å²) < 4.78 is 66.7. The molecule has 0 bridgehead atoms. The summed E-state index contributed by atoms with van der Waals surface area (Å²) in [7, 11) is 2.30. The highest BCUT2D eigenvalue weighted by molar-refractivity contribution is 5.96. The van der Waals surface area contributed by atoms with Crippen molar-refractivity contribution in [3.05, 3.63) is 71.7 Å². The number of likely N-dealkylation sites (tertiary alicyclic amines) is 2. The van der Waals surface area contributed by atoms with Crippen molar-refractivity contribution in [3.8, 4) is 17.0 Å². The Morgan fingerprint density at radius 2 is 1.78 bits per heavy atom. The number of benzene rings is 2. The number of hydrogen-bond acceptors (Lipinski definition) is 7. The van der Waals surface area contributed by atoms with E-state index in [1.165, 1.54) is 23.0 Å². The lowest BCUT2D eigenvalue weighted by Gasteiger charge is -2.44. The molecule has 0 spiro atoms. The van der Waals surface area contributed by atoms with E-state index < -0.39 is 29.6 Å². The molecule has 2 amide bonds. The molecule has 11 nitrogen and oxygen atoms in total. The maximum Gasteiger partial charge on any atom is 0.410 e. The Hall–Kier alpha value is -4.19. The molecule has 54 heavy (non-hydrogen) atoms. The third-order valence-electron chi connectivity index (χ3n) is 10.6. The number of amides is 2. The van der Waals surface area contributed by atoms with E-state index in [1.54, 1.807) is 17.0 Å². The lowest BCUT2D eigenvalue weighted by atomic mass is 9.99. The number of hydrogen-bond donors (Lipinski definition) is 2. The number of anilines is 2. The summed E-state index contributed by atoms with van der Waals surface area (Å²) in [6.45, 7) is 9.65. The van der Waals surface area contributed by atoms with Gasteiger partial charge in [-0.2, -0.15) is 13.2 Å². The van der Waals surface area contributed by atoms with Gasteiger partial charge in [0.15, 0.2) is 23.0 Å². The van der Waals surface area contributed by atoms with Gasteiger partial charge < -0.3 is 53.5 Å². The standard InChI is InChI=1S/C38H43F4N7O4.HI/c1-6-22-13-23(46-33-34-44-15-29(48(34)12-11-43-33)25-9-10-30(52-36(41)42)32(40)31(25)39)7-8-24(22)35(50)45-14-26-27-19-49(5,20-28(26)27)18-21-16-47(17-21)37(51)53-38(2,3)4;/h7-13,15,21,26-28,36H,6,14,16-20H2,1-5H3,(H-,43,45,46,50);1H. The second kappa shape index (κ2) is 15.2. The van der Waals surface area contributed by atoms with Crippen LogP contribution in [-0.2, 0) is 11.2 Å². The van der Waals surface area contributed by atoms with Gasteiger partial charge in [0.25, 0.3) is 5.91 Å². The largest absolute Gasteiger partial charge is 1.00 e. The first-order valence-corrected chi connectivity index (χ1v) is 17.9. The molecule has 3 fully saturated rings. The minimum absolute atomic E-state index is 0. The summed E-state index contributed by atoms with van der Waals surface area (Å²) in [5, 5.41) is 6.39. The number of quaternary nitrogens is 1. The van der Waals surface area contributed by atoms with E-state index in [0.29, 0.717) is 59.4 Å². The van der Waals surface area contributed by atoms with E-state index in [-0.39, 0.29) is 47.2 Å². The number of carbonyl (C=O) groups is 2. The van der Waals surface area contributed by atoms with Crippen LogP contribution < -0.4 is 39.3 Å². The number of carbonyl (C=O) groups excluding carboxylic acids is 2. The van der Waals surface area contributed by atoms with Crippen molar-refractivity contribution < 1.29 is 65.1 Å². The van der Waals surface area contributed by atoms with Crippen molar-refractivity contribution in [2.45, 2.75) is 46.3 Å². The topological polar surface area (TPSA) is 110 Å². The number of aromatic nitrogens is 3. The number of alkyl halides is 2. The molecule has 4 aromatic rings. The molecule has 2 aromatic carbocycles. The zero-order valence-electron chi connectivity index (χ0n) is 30.7. The van der Waals surface area contributed by atoms with Crippen LogP contribution in [0.15, 0.2) is 48.9 Å². The number of fused-ring (bicyclic) bond motifs is 2. The number of nitrogens with one attached hydrogen (secondary N) is 2. The summed E-state index contributed by atoms with van der Waals surface area (Å²) in [5.74, 6) is -1.43. The first kappa shape index (κ1) is 39.5. The normalized spacial score (nSPS) is 22.0. The monoisotopic (exact) mass is 865 g/mol. The Kier molecular flexibility index (Phi) is 11.1. The number of piperidine rings is 1. The van der Waals surface area contributed by atoms with Gasteiger partial charge in [-0.1, -0.05) is 6.92 Å². The minimum atomic E-state index is -3.30. The van der Waals surface area contributed by atoms with Crippen molar-refractivity contribution in [3.63, 3.8) is 0 Å². The van der Waals surface area contributed by atoms with E-state index in [2.05, 4.69) is 32.4 Å². The van der Waals surface area contributed by atoms with Crippen LogP contribution in [-0.4, -0.2) is 94.3 Å². The number of nitrogens with zero attached hydrogens (tertiary/aromatic N) is 5. The predicted molar refractivity (Wildman–Crippen MR) is 189 cm³/mol. The van der Waals surface area contributed by atoms with Gasteiger partial charge in [0.1, 0.15) is 5.60 Å². The second-order valence-corrected chi connectivity index (χ2v) is 15.7. The van der Waals surface area contributed by atoms with Crippen molar-refractivity contribution in [2.24, 2.45) is 23.7 Å². The fourth-order valence-electron chi connectivity index (χ4n) is 8.15. The highest BCUT2D eigenvalue weighted by Gasteiger charge is 2.62. The Bertz CT molecular complexity index is 2040. The molecular weight excluding hydrogens is 821 g/mol. The van der Waals surface area contributed by atoms with Crippen molar-refractivity contribution >= 4 is 29.2 Å². The number of ether oxygens (including phenoxy) is 2. The van der Waals surface area contributed by atoms with Crippen LogP contribution in [0.5, 0.6) is 5.75 Å². The number of halogens is 5. The summed E-state index contributed by atoms with van der Waals surface area (Å²) in [4.78, 5) is 36.2. The first-order valence-electron chi connectivity index (χ1n) is 17.9. The van der Waals surface area contributed by atoms with Crippen LogP contribution in [0.2, 0.25) is 0 Å². The molecule has 7 rings (SSSR count). The average Bonchev–Trinajstić information content (AvgIpc) is 3.35. The zero-order chi connectivity index (χ0) is 37.8. The van der Waals surface area contributed by atoms with Gasteiger partial charge in [-0.3, -0.25) is 9.20 Å². The molecule has 4 heterocycles. The third kappa shape index (κ3) is 8.09. The molecule has 1 aliphatic carbocycles.